The number of H-pyrrole nitrogens is 1. The van der Waals surface area contributed by atoms with Crippen molar-refractivity contribution < 1.29 is 9.90 Å². The van der Waals surface area contributed by atoms with Crippen molar-refractivity contribution in [2.75, 3.05) is 13.2 Å². The van der Waals surface area contributed by atoms with E-state index in [4.69, 9.17) is 0 Å². The first kappa shape index (κ1) is 16.9. The Morgan fingerprint density at radius 3 is 2.44 bits per heavy atom. The molecule has 0 radical (unpaired) electrons. The van der Waals surface area contributed by atoms with Crippen LogP contribution in [0.25, 0.3) is 10.8 Å². The van der Waals surface area contributed by atoms with Gasteiger partial charge in [-0.25, -0.2) is 5.10 Å². The maximum absolute atomic E-state index is 12.7. The molecule has 1 aromatic heterocycles. The van der Waals surface area contributed by atoms with E-state index in [2.05, 4.69) is 10.2 Å². The van der Waals surface area contributed by atoms with Gasteiger partial charge in [-0.05, 0) is 11.6 Å². The molecule has 0 atom stereocenters. The van der Waals surface area contributed by atoms with Crippen LogP contribution in [0.1, 0.15) is 11.3 Å². The van der Waals surface area contributed by atoms with Crippen molar-refractivity contribution >= 4 is 16.7 Å². The summed E-state index contributed by atoms with van der Waals surface area (Å²) in [5, 5.41) is 17.0. The third kappa shape index (κ3) is 3.92. The summed E-state index contributed by atoms with van der Waals surface area (Å²) < 4.78 is 0. The van der Waals surface area contributed by atoms with E-state index in [1.54, 1.807) is 23.1 Å². The Labute approximate surface area is 144 Å². The predicted octanol–water partition coefficient (Wildman–Crippen LogP) is 1.49. The lowest BCUT2D eigenvalue weighted by molar-refractivity contribution is -0.131. The normalized spacial score (nSPS) is 10.8. The average Bonchev–Trinajstić information content (AvgIpc) is 2.65. The highest BCUT2D eigenvalue weighted by molar-refractivity contribution is 5.88. The fourth-order valence-corrected chi connectivity index (χ4v) is 2.78. The van der Waals surface area contributed by atoms with Gasteiger partial charge in [0.05, 0.1) is 24.1 Å². The molecule has 1 heterocycles. The number of nitrogens with one attached hydrogen (secondary N) is 1. The number of carbonyl (C=O) groups is 1. The molecule has 128 valence electrons. The van der Waals surface area contributed by atoms with Gasteiger partial charge in [0.15, 0.2) is 0 Å². The molecule has 0 bridgehead atoms. The summed E-state index contributed by atoms with van der Waals surface area (Å²) in [6.07, 6.45) is 0.0596. The minimum absolute atomic E-state index is 0.0596. The highest BCUT2D eigenvalue weighted by Crippen LogP contribution is 2.14. The Morgan fingerprint density at radius 2 is 1.72 bits per heavy atom. The standard InChI is InChI=1S/C19H19N3O3/c23-11-10-22(13-14-6-2-1-3-7-14)18(24)12-17-15-8-4-5-9-16(15)19(25)21-20-17/h1-9,23H,10-13H2,(H,21,25). The second-order valence-electron chi connectivity index (χ2n) is 5.75. The largest absolute Gasteiger partial charge is 0.395 e. The first-order chi connectivity index (χ1) is 12.2. The molecule has 0 spiro atoms. The highest BCUT2D eigenvalue weighted by Gasteiger charge is 2.17. The highest BCUT2D eigenvalue weighted by atomic mass is 16.3. The third-order valence-electron chi connectivity index (χ3n) is 4.03. The Bertz CT molecular complexity index is 922. The van der Waals surface area contributed by atoms with E-state index in [-0.39, 0.29) is 31.0 Å². The van der Waals surface area contributed by atoms with Crippen molar-refractivity contribution in [1.29, 1.82) is 0 Å². The molecule has 0 saturated carbocycles. The topological polar surface area (TPSA) is 86.3 Å². The van der Waals surface area contributed by atoms with Crippen LogP contribution in [0.3, 0.4) is 0 Å². The van der Waals surface area contributed by atoms with E-state index >= 15 is 0 Å². The fourth-order valence-electron chi connectivity index (χ4n) is 2.78. The summed E-state index contributed by atoms with van der Waals surface area (Å²) in [6.45, 7) is 0.551. The second kappa shape index (κ2) is 7.72. The van der Waals surface area contributed by atoms with Crippen molar-refractivity contribution in [3.63, 3.8) is 0 Å². The van der Waals surface area contributed by atoms with Crippen molar-refractivity contribution in [3.8, 4) is 0 Å². The van der Waals surface area contributed by atoms with E-state index in [0.717, 1.165) is 5.56 Å². The zero-order chi connectivity index (χ0) is 17.6. The number of aliphatic hydroxyl groups excluding tert-OH is 1. The number of fused-ring (bicyclic) bond motifs is 1. The van der Waals surface area contributed by atoms with Crippen molar-refractivity contribution in [1.82, 2.24) is 15.1 Å². The molecule has 1 amide bonds. The number of aromatic nitrogens is 2. The number of nitrogens with zero attached hydrogens (tertiary/aromatic N) is 2. The lowest BCUT2D eigenvalue weighted by Crippen LogP contribution is -2.34. The van der Waals surface area contributed by atoms with Gasteiger partial charge >= 0.3 is 0 Å². The number of amides is 1. The average molecular weight is 337 g/mol. The minimum atomic E-state index is -0.275. The molecular weight excluding hydrogens is 318 g/mol. The zero-order valence-corrected chi connectivity index (χ0v) is 13.7. The molecule has 0 unspecified atom stereocenters. The quantitative estimate of drug-likeness (QED) is 0.713. The summed E-state index contributed by atoms with van der Waals surface area (Å²) in [5.74, 6) is -0.150. The number of aromatic amines is 1. The van der Waals surface area contributed by atoms with Gasteiger partial charge in [0.2, 0.25) is 5.91 Å². The van der Waals surface area contributed by atoms with Crippen molar-refractivity contribution in [2.45, 2.75) is 13.0 Å². The van der Waals surface area contributed by atoms with Crippen LogP contribution in [0.2, 0.25) is 0 Å². The van der Waals surface area contributed by atoms with E-state index in [0.29, 0.717) is 23.0 Å². The molecule has 6 nitrogen and oxygen atoms in total. The minimum Gasteiger partial charge on any atom is -0.395 e. The zero-order valence-electron chi connectivity index (χ0n) is 13.7. The molecule has 0 aliphatic carbocycles. The molecule has 6 heteroatoms. The van der Waals surface area contributed by atoms with Gasteiger partial charge < -0.3 is 10.0 Å². The molecule has 0 saturated heterocycles. The van der Waals surface area contributed by atoms with Gasteiger partial charge in [-0.1, -0.05) is 48.5 Å². The summed E-state index contributed by atoms with van der Waals surface area (Å²) >= 11 is 0. The summed E-state index contributed by atoms with van der Waals surface area (Å²) in [7, 11) is 0. The number of carbonyl (C=O) groups excluding carboxylic acids is 1. The van der Waals surface area contributed by atoms with Gasteiger partial charge in [-0.15, -0.1) is 0 Å². The molecule has 2 aromatic carbocycles. The first-order valence-corrected chi connectivity index (χ1v) is 8.08. The summed E-state index contributed by atoms with van der Waals surface area (Å²) in [5.41, 5.74) is 1.24. The molecule has 25 heavy (non-hydrogen) atoms. The molecule has 3 aromatic rings. The molecule has 2 N–H and O–H groups in total. The van der Waals surface area contributed by atoms with Crippen LogP contribution in [0.4, 0.5) is 0 Å². The fraction of sp³-hybridized carbons (Fsp3) is 0.211. The number of benzene rings is 2. The van der Waals surface area contributed by atoms with Crippen LogP contribution in [0.15, 0.2) is 59.4 Å². The smallest absolute Gasteiger partial charge is 0.272 e. The lowest BCUT2D eigenvalue weighted by Gasteiger charge is -2.22. The van der Waals surface area contributed by atoms with E-state index in [1.807, 2.05) is 36.4 Å². The molecule has 0 fully saturated rings. The maximum atomic E-state index is 12.7. The van der Waals surface area contributed by atoms with Crippen molar-refractivity contribution in [2.24, 2.45) is 0 Å². The van der Waals surface area contributed by atoms with Gasteiger partial charge in [-0.2, -0.15) is 5.10 Å². The third-order valence-corrected chi connectivity index (χ3v) is 4.03. The van der Waals surface area contributed by atoms with Gasteiger partial charge in [0.25, 0.3) is 5.56 Å². The monoisotopic (exact) mass is 337 g/mol. The number of aliphatic hydroxyl groups is 1. The number of hydrogen-bond donors (Lipinski definition) is 2. The summed E-state index contributed by atoms with van der Waals surface area (Å²) in [6, 6.07) is 16.7. The Balaban J connectivity index is 1.84. The van der Waals surface area contributed by atoms with Crippen LogP contribution in [0.5, 0.6) is 0 Å². The van der Waals surface area contributed by atoms with Crippen LogP contribution in [0, 0.1) is 0 Å². The first-order valence-electron chi connectivity index (χ1n) is 8.08. The number of rotatable bonds is 6. The molecule has 0 aliphatic rings. The van der Waals surface area contributed by atoms with E-state index in [1.165, 1.54) is 0 Å². The lowest BCUT2D eigenvalue weighted by atomic mass is 10.1. The predicted molar refractivity (Wildman–Crippen MR) is 95.0 cm³/mol. The van der Waals surface area contributed by atoms with Gasteiger partial charge in [0, 0.05) is 18.5 Å². The summed E-state index contributed by atoms with van der Waals surface area (Å²) in [4.78, 5) is 26.2. The van der Waals surface area contributed by atoms with Gasteiger partial charge in [-0.3, -0.25) is 9.59 Å². The second-order valence-corrected chi connectivity index (χ2v) is 5.75. The van der Waals surface area contributed by atoms with E-state index < -0.39 is 0 Å². The Kier molecular flexibility index (Phi) is 5.20. The van der Waals surface area contributed by atoms with E-state index in [9.17, 15) is 14.7 Å². The molecular formula is C19H19N3O3. The van der Waals surface area contributed by atoms with Crippen LogP contribution in [-0.4, -0.2) is 39.3 Å². The van der Waals surface area contributed by atoms with Crippen LogP contribution in [-0.2, 0) is 17.8 Å². The SMILES string of the molecule is O=C(Cc1n[nH]c(=O)c2ccccc12)N(CCO)Cc1ccccc1. The molecule has 3 rings (SSSR count). The molecule has 0 aliphatic heterocycles. The van der Waals surface area contributed by atoms with Crippen molar-refractivity contribution in [3.05, 3.63) is 76.2 Å². The van der Waals surface area contributed by atoms with Crippen LogP contribution >= 0.6 is 0 Å². The van der Waals surface area contributed by atoms with Crippen LogP contribution < -0.4 is 5.56 Å². The maximum Gasteiger partial charge on any atom is 0.272 e. The van der Waals surface area contributed by atoms with Gasteiger partial charge in [0.1, 0.15) is 0 Å². The Hall–Kier alpha value is -2.99. The number of hydrogen-bond acceptors (Lipinski definition) is 4. The Morgan fingerprint density at radius 1 is 1.04 bits per heavy atom.